The smallest absolute Gasteiger partial charge is 0.155 e. The van der Waals surface area contributed by atoms with E-state index < -0.39 is 8.07 Å². The van der Waals surface area contributed by atoms with Gasteiger partial charge in [-0.3, -0.25) is 4.79 Å². The van der Waals surface area contributed by atoms with Crippen LogP contribution in [0.5, 0.6) is 5.75 Å². The van der Waals surface area contributed by atoms with Crippen LogP contribution in [0.3, 0.4) is 0 Å². The van der Waals surface area contributed by atoms with Crippen molar-refractivity contribution in [3.63, 3.8) is 0 Å². The number of hydrogen-bond acceptors (Lipinski definition) is 2. The molecule has 0 fully saturated rings. The number of ether oxygens (including phenoxy) is 1. The lowest BCUT2D eigenvalue weighted by Crippen LogP contribution is -2.39. The third-order valence-electron chi connectivity index (χ3n) is 4.02. The highest BCUT2D eigenvalue weighted by Crippen LogP contribution is 2.13. The highest BCUT2D eigenvalue weighted by molar-refractivity contribution is 6.94. The Hall–Kier alpha value is -2.13. The van der Waals surface area contributed by atoms with E-state index in [9.17, 15) is 4.79 Å². The topological polar surface area (TPSA) is 26.3 Å². The van der Waals surface area contributed by atoms with E-state index in [4.69, 9.17) is 4.74 Å². The first-order valence-electron chi connectivity index (χ1n) is 7.92. The Bertz CT molecular complexity index is 658. The average molecular weight is 324 g/mol. The molecule has 2 nitrogen and oxygen atoms in total. The predicted octanol–water partition coefficient (Wildman–Crippen LogP) is 3.91. The van der Waals surface area contributed by atoms with Crippen molar-refractivity contribution in [2.45, 2.75) is 25.9 Å². The monoisotopic (exact) mass is 324 g/mol. The van der Waals surface area contributed by atoms with Gasteiger partial charge in [-0.15, -0.1) is 0 Å². The number of benzene rings is 2. The maximum Gasteiger partial charge on any atom is 0.155 e. The van der Waals surface area contributed by atoms with Gasteiger partial charge in [0.25, 0.3) is 0 Å². The maximum absolute atomic E-state index is 12.1. The Morgan fingerprint density at radius 2 is 1.70 bits per heavy atom. The third kappa shape index (κ3) is 5.22. The second-order valence-corrected chi connectivity index (χ2v) is 10.6. The summed E-state index contributed by atoms with van der Waals surface area (Å²) in [6.07, 6.45) is 3.09. The van der Waals surface area contributed by atoms with Crippen LogP contribution in [0.15, 0.2) is 66.4 Å². The Labute approximate surface area is 139 Å². The van der Waals surface area contributed by atoms with Gasteiger partial charge in [-0.1, -0.05) is 66.4 Å². The van der Waals surface area contributed by atoms with Crippen LogP contribution in [0.1, 0.15) is 12.0 Å². The number of methoxy groups -OCH3 is 1. The zero-order chi connectivity index (χ0) is 16.7. The Morgan fingerprint density at radius 3 is 2.30 bits per heavy atom. The second-order valence-electron chi connectivity index (χ2n) is 6.24. The average Bonchev–Trinajstić information content (AvgIpc) is 2.59. The van der Waals surface area contributed by atoms with Gasteiger partial charge in [-0.05, 0) is 30.2 Å². The number of allylic oxidation sites excluding steroid dienone is 1. The molecule has 0 spiro atoms. The van der Waals surface area contributed by atoms with Gasteiger partial charge >= 0.3 is 0 Å². The minimum Gasteiger partial charge on any atom is -0.497 e. The molecular weight excluding hydrogens is 300 g/mol. The van der Waals surface area contributed by atoms with Crippen LogP contribution in [-0.4, -0.2) is 21.0 Å². The van der Waals surface area contributed by atoms with Crippen molar-refractivity contribution < 1.29 is 9.53 Å². The molecule has 0 unspecified atom stereocenters. The van der Waals surface area contributed by atoms with Crippen LogP contribution >= 0.6 is 0 Å². The minimum atomic E-state index is -1.68. The first-order chi connectivity index (χ1) is 11.0. The molecule has 0 saturated heterocycles. The number of hydrogen-bond donors (Lipinski definition) is 0. The number of carbonyl (C=O) groups is 1. The summed E-state index contributed by atoms with van der Waals surface area (Å²) in [4.78, 5) is 12.1. The van der Waals surface area contributed by atoms with Crippen molar-refractivity contribution in [1.82, 2.24) is 0 Å². The van der Waals surface area contributed by atoms with Crippen LogP contribution < -0.4 is 9.92 Å². The quantitative estimate of drug-likeness (QED) is 0.570. The van der Waals surface area contributed by atoms with E-state index in [2.05, 4.69) is 43.1 Å². The van der Waals surface area contributed by atoms with Crippen molar-refractivity contribution in [3.8, 4) is 5.75 Å². The predicted molar refractivity (Wildman–Crippen MR) is 99.0 cm³/mol. The van der Waals surface area contributed by atoms with Gasteiger partial charge in [0.1, 0.15) is 13.8 Å². The third-order valence-corrected chi connectivity index (χ3v) is 6.84. The van der Waals surface area contributed by atoms with E-state index in [1.807, 2.05) is 30.3 Å². The molecule has 0 aliphatic rings. The molecule has 0 aliphatic carbocycles. The fourth-order valence-corrected chi connectivity index (χ4v) is 4.25. The lowest BCUT2D eigenvalue weighted by Gasteiger charge is -2.17. The van der Waals surface area contributed by atoms with Crippen LogP contribution in [0.4, 0.5) is 0 Å². The maximum atomic E-state index is 12.1. The highest BCUT2D eigenvalue weighted by Gasteiger charge is 2.19. The standard InChI is InChI=1S/C20H24O2Si/c1-22-19-13-10-17(11-14-19)9-12-18(21)15-16-23(2,3)20-7-5-4-6-8-20/h4-8,10-11,13-16H,9,12H2,1-3H3/b16-15+. The summed E-state index contributed by atoms with van der Waals surface area (Å²) in [7, 11) is -0.0263. The van der Waals surface area contributed by atoms with Crippen LogP contribution in [0, 0.1) is 0 Å². The molecule has 2 aromatic rings. The van der Waals surface area contributed by atoms with Crippen molar-refractivity contribution in [2.75, 3.05) is 7.11 Å². The molecule has 0 bridgehead atoms. The fourth-order valence-electron chi connectivity index (χ4n) is 2.41. The summed E-state index contributed by atoms with van der Waals surface area (Å²) in [6.45, 7) is 4.52. The highest BCUT2D eigenvalue weighted by atomic mass is 28.3. The summed E-state index contributed by atoms with van der Waals surface area (Å²) >= 11 is 0. The normalized spacial score (nSPS) is 11.6. The van der Waals surface area contributed by atoms with Gasteiger partial charge in [0.15, 0.2) is 5.78 Å². The summed E-state index contributed by atoms with van der Waals surface area (Å²) in [5, 5.41) is 1.35. The van der Waals surface area contributed by atoms with Crippen molar-refractivity contribution in [1.29, 1.82) is 0 Å². The first kappa shape index (κ1) is 17.2. The second kappa shape index (κ2) is 7.93. The molecular formula is C20H24O2Si. The number of carbonyl (C=O) groups excluding carboxylic acids is 1. The van der Waals surface area contributed by atoms with Gasteiger partial charge < -0.3 is 4.74 Å². The molecule has 2 aromatic carbocycles. The Kier molecular flexibility index (Phi) is 5.94. The van der Waals surface area contributed by atoms with Crippen LogP contribution in [0.25, 0.3) is 0 Å². The molecule has 0 amide bonds. The lowest BCUT2D eigenvalue weighted by atomic mass is 10.1. The van der Waals surface area contributed by atoms with Crippen LogP contribution in [-0.2, 0) is 11.2 Å². The van der Waals surface area contributed by atoms with Crippen molar-refractivity contribution >= 4 is 19.0 Å². The molecule has 0 radical (unpaired) electrons. The zero-order valence-corrected chi connectivity index (χ0v) is 15.1. The molecule has 2 rings (SSSR count). The van der Waals surface area contributed by atoms with E-state index in [-0.39, 0.29) is 5.78 Å². The molecule has 120 valence electrons. The van der Waals surface area contributed by atoms with Gasteiger partial charge in [-0.25, -0.2) is 0 Å². The molecule has 0 aromatic heterocycles. The SMILES string of the molecule is COc1ccc(CCC(=O)/C=C/[Si](C)(C)c2ccccc2)cc1. The number of ketones is 1. The van der Waals surface area contributed by atoms with Gasteiger partial charge in [0.05, 0.1) is 7.11 Å². The van der Waals surface area contributed by atoms with E-state index in [1.165, 1.54) is 5.19 Å². The van der Waals surface area contributed by atoms with Crippen molar-refractivity contribution in [3.05, 3.63) is 71.9 Å². The van der Waals surface area contributed by atoms with E-state index in [0.717, 1.165) is 17.7 Å². The molecule has 0 N–H and O–H groups in total. The van der Waals surface area contributed by atoms with Gasteiger partial charge in [-0.2, -0.15) is 0 Å². The van der Waals surface area contributed by atoms with Gasteiger partial charge in [0, 0.05) is 6.42 Å². The summed E-state index contributed by atoms with van der Waals surface area (Å²) < 4.78 is 5.14. The zero-order valence-electron chi connectivity index (χ0n) is 14.1. The minimum absolute atomic E-state index is 0.192. The molecule has 0 saturated carbocycles. The summed E-state index contributed by atoms with van der Waals surface area (Å²) in [5.41, 5.74) is 3.30. The number of aryl methyl sites for hydroxylation is 1. The fraction of sp³-hybridized carbons (Fsp3) is 0.250. The Morgan fingerprint density at radius 1 is 1.04 bits per heavy atom. The van der Waals surface area contributed by atoms with Crippen LogP contribution in [0.2, 0.25) is 13.1 Å². The van der Waals surface area contributed by atoms with E-state index >= 15 is 0 Å². The molecule has 3 heteroatoms. The summed E-state index contributed by atoms with van der Waals surface area (Å²) in [5.74, 6) is 1.04. The summed E-state index contributed by atoms with van der Waals surface area (Å²) in [6, 6.07) is 18.3. The van der Waals surface area contributed by atoms with Crippen molar-refractivity contribution in [2.24, 2.45) is 0 Å². The number of rotatable bonds is 7. The molecule has 0 aliphatic heterocycles. The lowest BCUT2D eigenvalue weighted by molar-refractivity contribution is -0.114. The first-order valence-corrected chi connectivity index (χ1v) is 11.0. The van der Waals surface area contributed by atoms with E-state index in [0.29, 0.717) is 6.42 Å². The molecule has 23 heavy (non-hydrogen) atoms. The Balaban J connectivity index is 1.91. The largest absolute Gasteiger partial charge is 0.497 e. The molecule has 0 heterocycles. The van der Waals surface area contributed by atoms with E-state index in [1.54, 1.807) is 13.2 Å². The van der Waals surface area contributed by atoms with Gasteiger partial charge in [0.2, 0.25) is 0 Å². The molecule has 0 atom stereocenters.